The predicted octanol–water partition coefficient (Wildman–Crippen LogP) is 5.38. The molecule has 1 atom stereocenters. The first-order valence-corrected chi connectivity index (χ1v) is 9.28. The second-order valence-electron chi connectivity index (χ2n) is 6.56. The minimum atomic E-state index is -0.269. The first-order valence-electron chi connectivity index (χ1n) is 9.28. The Kier molecular flexibility index (Phi) is 6.42. The molecule has 1 amide bonds. The van der Waals surface area contributed by atoms with Crippen molar-refractivity contribution < 1.29 is 13.6 Å². The Morgan fingerprint density at radius 1 is 1.04 bits per heavy atom. The Labute approximate surface area is 159 Å². The average molecular weight is 365 g/mol. The van der Waals surface area contributed by atoms with Gasteiger partial charge in [-0.25, -0.2) is 4.39 Å². The Bertz CT molecular complexity index is 829. The number of hydrogen-bond donors (Lipinski definition) is 0. The molecule has 0 aliphatic heterocycles. The monoisotopic (exact) mass is 365 g/mol. The van der Waals surface area contributed by atoms with Crippen LogP contribution < -0.4 is 0 Å². The molecule has 0 aliphatic carbocycles. The first kappa shape index (κ1) is 18.9. The van der Waals surface area contributed by atoms with Gasteiger partial charge in [0.15, 0.2) is 0 Å². The summed E-state index contributed by atoms with van der Waals surface area (Å²) in [7, 11) is 0. The van der Waals surface area contributed by atoms with Crippen molar-refractivity contribution in [2.75, 3.05) is 6.54 Å². The molecule has 1 aromatic heterocycles. The van der Waals surface area contributed by atoms with Gasteiger partial charge in [-0.2, -0.15) is 0 Å². The molecular weight excluding hydrogens is 341 g/mol. The maximum absolute atomic E-state index is 13.2. The molecule has 3 rings (SSSR count). The highest BCUT2D eigenvalue weighted by molar-refractivity contribution is 5.75. The van der Waals surface area contributed by atoms with Gasteiger partial charge in [0, 0.05) is 25.4 Å². The normalized spacial score (nSPS) is 11.9. The third-order valence-corrected chi connectivity index (χ3v) is 4.72. The van der Waals surface area contributed by atoms with Crippen molar-refractivity contribution in [3.8, 4) is 0 Å². The Morgan fingerprint density at radius 3 is 2.41 bits per heavy atom. The molecule has 0 unspecified atom stereocenters. The molecule has 0 spiro atoms. The van der Waals surface area contributed by atoms with Gasteiger partial charge in [0.25, 0.3) is 0 Å². The van der Waals surface area contributed by atoms with Crippen molar-refractivity contribution in [1.29, 1.82) is 0 Å². The maximum Gasteiger partial charge on any atom is 0.222 e. The lowest BCUT2D eigenvalue weighted by molar-refractivity contribution is -0.131. The summed E-state index contributed by atoms with van der Waals surface area (Å²) in [6.45, 7) is 2.94. The zero-order chi connectivity index (χ0) is 19.1. The fourth-order valence-corrected chi connectivity index (χ4v) is 3.26. The smallest absolute Gasteiger partial charge is 0.222 e. The van der Waals surface area contributed by atoms with Gasteiger partial charge in [-0.3, -0.25) is 4.79 Å². The van der Waals surface area contributed by atoms with Crippen LogP contribution in [0.25, 0.3) is 0 Å². The quantitative estimate of drug-likeness (QED) is 0.537. The number of carbonyl (C=O) groups is 1. The number of halogens is 1. The highest BCUT2D eigenvalue weighted by atomic mass is 19.1. The molecular formula is C23H24FNO2. The molecule has 0 saturated carbocycles. The highest BCUT2D eigenvalue weighted by Crippen LogP contribution is 2.29. The van der Waals surface area contributed by atoms with Crippen molar-refractivity contribution in [3.63, 3.8) is 0 Å². The van der Waals surface area contributed by atoms with Crippen LogP contribution in [0.4, 0.5) is 4.39 Å². The van der Waals surface area contributed by atoms with Crippen LogP contribution in [0.3, 0.4) is 0 Å². The number of hydrogen-bond acceptors (Lipinski definition) is 2. The largest absolute Gasteiger partial charge is 0.469 e. The molecule has 0 N–H and O–H groups in total. The minimum absolute atomic E-state index is 0.0848. The molecule has 0 radical (unpaired) electrons. The van der Waals surface area contributed by atoms with E-state index < -0.39 is 0 Å². The van der Waals surface area contributed by atoms with Crippen LogP contribution in [0, 0.1) is 5.82 Å². The highest BCUT2D eigenvalue weighted by Gasteiger charge is 2.20. The van der Waals surface area contributed by atoms with Crippen LogP contribution in [-0.4, -0.2) is 17.4 Å². The summed E-state index contributed by atoms with van der Waals surface area (Å²) < 4.78 is 18.8. The van der Waals surface area contributed by atoms with Crippen molar-refractivity contribution >= 4 is 5.91 Å². The van der Waals surface area contributed by atoms with Gasteiger partial charge in [-0.05, 0) is 41.8 Å². The van der Waals surface area contributed by atoms with E-state index in [4.69, 9.17) is 4.42 Å². The van der Waals surface area contributed by atoms with Gasteiger partial charge in [0.2, 0.25) is 5.91 Å². The van der Waals surface area contributed by atoms with Gasteiger partial charge in [0.05, 0.1) is 6.26 Å². The predicted molar refractivity (Wildman–Crippen MR) is 104 cm³/mol. The number of benzene rings is 2. The Balaban J connectivity index is 1.75. The van der Waals surface area contributed by atoms with Crippen molar-refractivity contribution in [2.45, 2.75) is 32.2 Å². The molecule has 27 heavy (non-hydrogen) atoms. The number of carbonyl (C=O) groups excluding carboxylic acids is 1. The summed E-state index contributed by atoms with van der Waals surface area (Å²) in [6.07, 6.45) is 2.88. The minimum Gasteiger partial charge on any atom is -0.469 e. The standard InChI is InChI=1S/C23H24FNO2/c1-2-23(26)25(17-18-10-12-20(24)13-11-18)15-14-21(22-9-6-16-27-22)19-7-4-3-5-8-19/h3-13,16,21H,2,14-15,17H2,1H3/t21-/m1/s1. The van der Waals surface area contributed by atoms with E-state index in [2.05, 4.69) is 12.1 Å². The number of rotatable bonds is 8. The van der Waals surface area contributed by atoms with E-state index in [1.165, 1.54) is 12.1 Å². The fourth-order valence-electron chi connectivity index (χ4n) is 3.26. The van der Waals surface area contributed by atoms with Gasteiger partial charge < -0.3 is 9.32 Å². The van der Waals surface area contributed by atoms with Crippen LogP contribution in [0.5, 0.6) is 0 Å². The first-order chi connectivity index (χ1) is 13.2. The molecule has 1 heterocycles. The van der Waals surface area contributed by atoms with E-state index >= 15 is 0 Å². The van der Waals surface area contributed by atoms with E-state index in [9.17, 15) is 9.18 Å². The van der Waals surface area contributed by atoms with E-state index in [0.29, 0.717) is 19.5 Å². The Morgan fingerprint density at radius 2 is 1.78 bits per heavy atom. The lowest BCUT2D eigenvalue weighted by Crippen LogP contribution is -2.31. The van der Waals surface area contributed by atoms with E-state index in [0.717, 1.165) is 23.3 Å². The van der Waals surface area contributed by atoms with Gasteiger partial charge in [-0.15, -0.1) is 0 Å². The third-order valence-electron chi connectivity index (χ3n) is 4.72. The summed E-state index contributed by atoms with van der Waals surface area (Å²) in [5, 5.41) is 0. The topological polar surface area (TPSA) is 33.5 Å². The van der Waals surface area contributed by atoms with Crippen LogP contribution in [-0.2, 0) is 11.3 Å². The van der Waals surface area contributed by atoms with Crippen molar-refractivity contribution in [1.82, 2.24) is 4.90 Å². The Hall–Kier alpha value is -2.88. The molecule has 0 bridgehead atoms. The fraction of sp³-hybridized carbons (Fsp3) is 0.261. The van der Waals surface area contributed by atoms with Gasteiger partial charge in [-0.1, -0.05) is 49.4 Å². The summed E-state index contributed by atoms with van der Waals surface area (Å²) in [5.41, 5.74) is 2.09. The average Bonchev–Trinajstić information content (AvgIpc) is 3.23. The number of amides is 1. The second-order valence-corrected chi connectivity index (χ2v) is 6.56. The zero-order valence-electron chi connectivity index (χ0n) is 15.5. The number of furan rings is 1. The third kappa shape index (κ3) is 5.07. The van der Waals surface area contributed by atoms with Gasteiger partial charge in [0.1, 0.15) is 11.6 Å². The van der Waals surface area contributed by atoms with E-state index in [1.54, 1.807) is 18.4 Å². The van der Waals surface area contributed by atoms with Crippen molar-refractivity contribution in [3.05, 3.63) is 95.7 Å². The van der Waals surface area contributed by atoms with Gasteiger partial charge >= 0.3 is 0 Å². The van der Waals surface area contributed by atoms with Crippen LogP contribution in [0.1, 0.15) is 42.6 Å². The van der Waals surface area contributed by atoms with Crippen LogP contribution in [0.15, 0.2) is 77.4 Å². The van der Waals surface area contributed by atoms with E-state index in [-0.39, 0.29) is 17.6 Å². The lowest BCUT2D eigenvalue weighted by Gasteiger charge is -2.25. The summed E-state index contributed by atoms with van der Waals surface area (Å²) >= 11 is 0. The molecule has 0 aliphatic rings. The molecule has 2 aromatic carbocycles. The maximum atomic E-state index is 13.2. The number of nitrogens with zero attached hydrogens (tertiary/aromatic N) is 1. The lowest BCUT2D eigenvalue weighted by atomic mass is 9.93. The zero-order valence-corrected chi connectivity index (χ0v) is 15.5. The molecule has 0 fully saturated rings. The molecule has 4 heteroatoms. The van der Waals surface area contributed by atoms with Crippen LogP contribution in [0.2, 0.25) is 0 Å². The van der Waals surface area contributed by atoms with E-state index in [1.807, 2.05) is 42.2 Å². The van der Waals surface area contributed by atoms with Crippen molar-refractivity contribution in [2.24, 2.45) is 0 Å². The summed E-state index contributed by atoms with van der Waals surface area (Å²) in [5.74, 6) is 0.799. The molecule has 3 aromatic rings. The SMILES string of the molecule is CCC(=O)N(CC[C@H](c1ccccc1)c1ccco1)Cc1ccc(F)cc1. The molecule has 3 nitrogen and oxygen atoms in total. The second kappa shape index (κ2) is 9.17. The summed E-state index contributed by atoms with van der Waals surface area (Å²) in [6, 6.07) is 20.4. The molecule has 140 valence electrons. The summed E-state index contributed by atoms with van der Waals surface area (Å²) in [4.78, 5) is 14.3. The van der Waals surface area contributed by atoms with Crippen LogP contribution >= 0.6 is 0 Å². The molecule has 0 saturated heterocycles.